The number of amides is 2. The molecule has 4 nitrogen and oxygen atoms in total. The van der Waals surface area contributed by atoms with E-state index < -0.39 is 0 Å². The lowest BCUT2D eigenvalue weighted by atomic mass is 10.1. The third-order valence-electron chi connectivity index (χ3n) is 4.00. The number of rotatable bonds is 6. The summed E-state index contributed by atoms with van der Waals surface area (Å²) in [6.07, 6.45) is 0.845. The largest absolute Gasteiger partial charge is 0.329 e. The van der Waals surface area contributed by atoms with Crippen molar-refractivity contribution < 1.29 is 9.59 Å². The molecule has 0 saturated heterocycles. The Kier molecular flexibility index (Phi) is 6.13. The van der Waals surface area contributed by atoms with Gasteiger partial charge in [-0.25, -0.2) is 0 Å². The second kappa shape index (κ2) is 8.29. The Morgan fingerprint density at radius 1 is 1.04 bits per heavy atom. The van der Waals surface area contributed by atoms with Crippen molar-refractivity contribution in [3.05, 3.63) is 65.2 Å². The quantitative estimate of drug-likeness (QED) is 0.883. The molecule has 0 radical (unpaired) electrons. The molecule has 2 rings (SSSR count). The van der Waals surface area contributed by atoms with Crippen LogP contribution in [0.15, 0.2) is 48.5 Å². The highest BCUT2D eigenvalue weighted by Gasteiger charge is 2.15. The zero-order valence-electron chi connectivity index (χ0n) is 14.5. The van der Waals surface area contributed by atoms with Gasteiger partial charge in [0, 0.05) is 19.2 Å². The van der Waals surface area contributed by atoms with Crippen LogP contribution in [0, 0.1) is 6.92 Å². The maximum absolute atomic E-state index is 12.4. The van der Waals surface area contributed by atoms with E-state index in [2.05, 4.69) is 12.2 Å². The molecule has 2 aromatic carbocycles. The Balaban J connectivity index is 2.08. The third kappa shape index (κ3) is 4.69. The molecule has 0 atom stereocenters. The van der Waals surface area contributed by atoms with Crippen molar-refractivity contribution in [2.75, 3.05) is 11.9 Å². The normalized spacial score (nSPS) is 10.3. The van der Waals surface area contributed by atoms with Crippen LogP contribution in [0.4, 0.5) is 5.69 Å². The summed E-state index contributed by atoms with van der Waals surface area (Å²) in [5, 5.41) is 2.97. The van der Waals surface area contributed by atoms with Gasteiger partial charge >= 0.3 is 0 Å². The number of carbonyl (C=O) groups is 2. The number of hydrogen-bond acceptors (Lipinski definition) is 2. The van der Waals surface area contributed by atoms with Crippen molar-refractivity contribution in [1.29, 1.82) is 0 Å². The molecule has 2 aromatic rings. The smallest absolute Gasteiger partial charge is 0.244 e. The van der Waals surface area contributed by atoms with E-state index in [1.165, 1.54) is 6.92 Å². The zero-order chi connectivity index (χ0) is 17.5. The van der Waals surface area contributed by atoms with Gasteiger partial charge in [0.1, 0.15) is 6.54 Å². The topological polar surface area (TPSA) is 49.4 Å². The van der Waals surface area contributed by atoms with Gasteiger partial charge in [-0.3, -0.25) is 9.59 Å². The van der Waals surface area contributed by atoms with Gasteiger partial charge < -0.3 is 10.2 Å². The van der Waals surface area contributed by atoms with Crippen LogP contribution in [-0.2, 0) is 22.6 Å². The first-order chi connectivity index (χ1) is 11.5. The Morgan fingerprint density at radius 2 is 1.75 bits per heavy atom. The van der Waals surface area contributed by atoms with E-state index in [9.17, 15) is 9.59 Å². The lowest BCUT2D eigenvalue weighted by molar-refractivity contribution is -0.133. The summed E-state index contributed by atoms with van der Waals surface area (Å²) >= 11 is 0. The van der Waals surface area contributed by atoms with Crippen molar-refractivity contribution in [2.24, 2.45) is 0 Å². The lowest BCUT2D eigenvalue weighted by Crippen LogP contribution is -2.36. The molecule has 0 aliphatic carbocycles. The summed E-state index contributed by atoms with van der Waals surface area (Å²) in [5.41, 5.74) is 3.99. The van der Waals surface area contributed by atoms with E-state index in [1.807, 2.05) is 55.5 Å². The van der Waals surface area contributed by atoms with Crippen LogP contribution in [-0.4, -0.2) is 23.3 Å². The molecule has 0 aromatic heterocycles. The van der Waals surface area contributed by atoms with Crippen LogP contribution in [0.5, 0.6) is 0 Å². The minimum absolute atomic E-state index is 0.0434. The molecule has 0 aliphatic rings. The number of aryl methyl sites for hydroxylation is 2. The summed E-state index contributed by atoms with van der Waals surface area (Å²) in [6.45, 7) is 5.99. The average Bonchev–Trinajstić information content (AvgIpc) is 2.57. The van der Waals surface area contributed by atoms with Crippen molar-refractivity contribution in [1.82, 2.24) is 4.90 Å². The van der Waals surface area contributed by atoms with Gasteiger partial charge in [0.05, 0.1) is 0 Å². The summed E-state index contributed by atoms with van der Waals surface area (Å²) in [4.78, 5) is 25.9. The van der Waals surface area contributed by atoms with Crippen molar-refractivity contribution in [2.45, 2.75) is 33.7 Å². The van der Waals surface area contributed by atoms with Gasteiger partial charge in [-0.15, -0.1) is 0 Å². The lowest BCUT2D eigenvalue weighted by Gasteiger charge is -2.21. The SMILES string of the molecule is CCc1cccc(C)c1NC(=O)CN(Cc1ccccc1)C(C)=O. The highest BCUT2D eigenvalue weighted by atomic mass is 16.2. The van der Waals surface area contributed by atoms with Gasteiger partial charge in [-0.05, 0) is 30.0 Å². The van der Waals surface area contributed by atoms with Crippen LogP contribution < -0.4 is 5.32 Å². The molecule has 0 bridgehead atoms. The summed E-state index contributed by atoms with van der Waals surface area (Å²) in [6, 6.07) is 15.6. The molecule has 0 unspecified atom stereocenters. The predicted molar refractivity (Wildman–Crippen MR) is 96.7 cm³/mol. The molecule has 4 heteroatoms. The Hall–Kier alpha value is -2.62. The maximum Gasteiger partial charge on any atom is 0.244 e. The van der Waals surface area contributed by atoms with Crippen molar-refractivity contribution in [3.63, 3.8) is 0 Å². The molecular formula is C20H24N2O2. The van der Waals surface area contributed by atoms with Crippen LogP contribution in [0.2, 0.25) is 0 Å². The number of para-hydroxylation sites is 1. The molecule has 0 fully saturated rings. The zero-order valence-corrected chi connectivity index (χ0v) is 14.5. The highest BCUT2D eigenvalue weighted by molar-refractivity contribution is 5.95. The second-order valence-corrected chi connectivity index (χ2v) is 5.87. The van der Waals surface area contributed by atoms with Crippen molar-refractivity contribution >= 4 is 17.5 Å². The Bertz CT molecular complexity index is 711. The van der Waals surface area contributed by atoms with E-state index in [4.69, 9.17) is 0 Å². The molecular weight excluding hydrogens is 300 g/mol. The maximum atomic E-state index is 12.4. The number of nitrogens with one attached hydrogen (secondary N) is 1. The number of carbonyl (C=O) groups excluding carboxylic acids is 2. The van der Waals surface area contributed by atoms with Gasteiger partial charge in [0.15, 0.2) is 0 Å². The Labute approximate surface area is 143 Å². The van der Waals surface area contributed by atoms with Crippen LogP contribution >= 0.6 is 0 Å². The minimum Gasteiger partial charge on any atom is -0.329 e. The molecule has 126 valence electrons. The fourth-order valence-corrected chi connectivity index (χ4v) is 2.64. The summed E-state index contributed by atoms with van der Waals surface area (Å²) < 4.78 is 0. The highest BCUT2D eigenvalue weighted by Crippen LogP contribution is 2.21. The average molecular weight is 324 g/mol. The molecule has 0 spiro atoms. The van der Waals surface area contributed by atoms with Gasteiger partial charge in [0.2, 0.25) is 11.8 Å². The number of hydrogen-bond donors (Lipinski definition) is 1. The van der Waals surface area contributed by atoms with Crippen LogP contribution in [0.3, 0.4) is 0 Å². The first-order valence-corrected chi connectivity index (χ1v) is 8.19. The number of anilines is 1. The van der Waals surface area contributed by atoms with E-state index >= 15 is 0 Å². The van der Waals surface area contributed by atoms with E-state index in [0.717, 1.165) is 28.8 Å². The predicted octanol–water partition coefficient (Wildman–Crippen LogP) is 3.54. The summed E-state index contributed by atoms with van der Waals surface area (Å²) in [5.74, 6) is -0.292. The Morgan fingerprint density at radius 3 is 2.38 bits per heavy atom. The van der Waals surface area contributed by atoms with E-state index in [-0.39, 0.29) is 18.4 Å². The van der Waals surface area contributed by atoms with Gasteiger partial charge in [0.25, 0.3) is 0 Å². The monoisotopic (exact) mass is 324 g/mol. The third-order valence-corrected chi connectivity index (χ3v) is 4.00. The standard InChI is InChI=1S/C20H24N2O2/c1-4-18-12-8-9-15(2)20(18)21-19(24)14-22(16(3)23)13-17-10-6-5-7-11-17/h5-12H,4,13-14H2,1-3H3,(H,21,24). The number of benzene rings is 2. The minimum atomic E-state index is -0.176. The van der Waals surface area contributed by atoms with Crippen LogP contribution in [0.25, 0.3) is 0 Å². The molecule has 24 heavy (non-hydrogen) atoms. The fraction of sp³-hybridized carbons (Fsp3) is 0.300. The number of nitrogens with zero attached hydrogens (tertiary/aromatic N) is 1. The van der Waals surface area contributed by atoms with Crippen LogP contribution in [0.1, 0.15) is 30.5 Å². The molecule has 0 heterocycles. The van der Waals surface area contributed by atoms with Gasteiger partial charge in [-0.1, -0.05) is 55.5 Å². The molecule has 1 N–H and O–H groups in total. The first kappa shape index (κ1) is 17.7. The second-order valence-electron chi connectivity index (χ2n) is 5.87. The van der Waals surface area contributed by atoms with Crippen molar-refractivity contribution in [3.8, 4) is 0 Å². The molecule has 2 amide bonds. The fourth-order valence-electron chi connectivity index (χ4n) is 2.64. The molecule has 0 saturated carbocycles. The van der Waals surface area contributed by atoms with E-state index in [0.29, 0.717) is 6.54 Å². The summed E-state index contributed by atoms with van der Waals surface area (Å²) in [7, 11) is 0. The molecule has 0 aliphatic heterocycles. The first-order valence-electron chi connectivity index (χ1n) is 8.19. The van der Waals surface area contributed by atoms with Gasteiger partial charge in [-0.2, -0.15) is 0 Å². The van der Waals surface area contributed by atoms with E-state index in [1.54, 1.807) is 4.90 Å².